The molecule has 2 aromatic heterocycles. The number of ether oxygens (including phenoxy) is 1. The maximum Gasteiger partial charge on any atom is 0.404 e. The number of carbonyl (C=O) groups is 2. The van der Waals surface area contributed by atoms with Gasteiger partial charge in [0, 0.05) is 51.3 Å². The molecule has 0 aliphatic carbocycles. The summed E-state index contributed by atoms with van der Waals surface area (Å²) in [7, 11) is 2.96. The van der Waals surface area contributed by atoms with E-state index in [1.807, 2.05) is 23.1 Å². The molecule has 5 rings (SSSR count). The lowest BCUT2D eigenvalue weighted by Gasteiger charge is -2.36. The zero-order chi connectivity index (χ0) is 27.8. The molecule has 12 nitrogen and oxygen atoms in total. The van der Waals surface area contributed by atoms with Crippen LogP contribution in [0.25, 0.3) is 11.0 Å². The predicted molar refractivity (Wildman–Crippen MR) is 146 cm³/mol. The van der Waals surface area contributed by atoms with Gasteiger partial charge in [-0.2, -0.15) is 0 Å². The van der Waals surface area contributed by atoms with Gasteiger partial charge in [-0.1, -0.05) is 29.8 Å². The number of hydrogen-bond donors (Lipinski definition) is 2. The third-order valence-corrected chi connectivity index (χ3v) is 7.84. The van der Waals surface area contributed by atoms with Crippen LogP contribution in [0.1, 0.15) is 28.8 Å². The molecule has 1 atom stereocenters. The maximum absolute atomic E-state index is 14.2. The van der Waals surface area contributed by atoms with Crippen LogP contribution in [0.5, 0.6) is 0 Å². The van der Waals surface area contributed by atoms with Gasteiger partial charge in [0.05, 0.1) is 25.3 Å². The molecule has 1 aromatic carbocycles. The third kappa shape index (κ3) is 4.89. The van der Waals surface area contributed by atoms with E-state index < -0.39 is 17.3 Å². The summed E-state index contributed by atoms with van der Waals surface area (Å²) in [6.45, 7) is 2.51. The number of aryl methyl sites for hydroxylation is 1. The number of morpholine rings is 1. The first kappa shape index (κ1) is 26.8. The molecule has 4 heterocycles. The molecule has 39 heavy (non-hydrogen) atoms. The Bertz CT molecular complexity index is 1550. The Labute approximate surface area is 228 Å². The van der Waals surface area contributed by atoms with Crippen LogP contribution in [-0.2, 0) is 25.4 Å². The van der Waals surface area contributed by atoms with Crippen molar-refractivity contribution >= 4 is 40.5 Å². The topological polar surface area (TPSA) is 131 Å². The number of aromatic nitrogens is 3. The molecule has 2 N–H and O–H groups in total. The highest BCUT2D eigenvalue weighted by Gasteiger charge is 2.35. The van der Waals surface area contributed by atoms with Crippen LogP contribution in [0.3, 0.4) is 0 Å². The summed E-state index contributed by atoms with van der Waals surface area (Å²) in [5.41, 5.74) is 0.353. The van der Waals surface area contributed by atoms with Crippen molar-refractivity contribution in [3.05, 3.63) is 61.3 Å². The molecule has 0 unspecified atom stereocenters. The summed E-state index contributed by atoms with van der Waals surface area (Å²) in [5.74, 6) is 0.157. The molecule has 2 amide bonds. The molecule has 2 saturated heterocycles. The Morgan fingerprint density at radius 1 is 1.08 bits per heavy atom. The minimum absolute atomic E-state index is 0.170. The normalized spacial score (nSPS) is 18.0. The Balaban J connectivity index is 1.81. The molecular formula is C26H31ClN6O6. The molecule has 0 bridgehead atoms. The van der Waals surface area contributed by atoms with Crippen LogP contribution in [0.4, 0.5) is 10.6 Å². The number of piperidine rings is 1. The lowest BCUT2D eigenvalue weighted by atomic mass is 10.0. The van der Waals surface area contributed by atoms with Gasteiger partial charge in [0.2, 0.25) is 0 Å². The van der Waals surface area contributed by atoms with Crippen LogP contribution in [0, 0.1) is 0 Å². The average Bonchev–Trinajstić information content (AvgIpc) is 3.26. The fourth-order valence-electron chi connectivity index (χ4n) is 5.57. The zero-order valence-corrected chi connectivity index (χ0v) is 22.6. The first-order chi connectivity index (χ1) is 18.7. The molecule has 2 aliphatic heterocycles. The number of nitrogens with zero attached hydrogens (tertiary/aromatic N) is 5. The molecular weight excluding hydrogens is 528 g/mol. The SMILES string of the molecule is Cn1c(=O)c2c(c(C(=O)N3CCOCC3)c(N3CCC[C@@H](NC(=O)O)C3)n2Cc2ccccc2Cl)n(C)c1=O. The van der Waals surface area contributed by atoms with Crippen molar-refractivity contribution in [2.45, 2.75) is 25.4 Å². The number of amides is 2. The highest BCUT2D eigenvalue weighted by molar-refractivity contribution is 6.31. The van der Waals surface area contributed by atoms with E-state index in [0.29, 0.717) is 63.1 Å². The number of rotatable bonds is 5. The molecule has 0 radical (unpaired) electrons. The predicted octanol–water partition coefficient (Wildman–Crippen LogP) is 1.45. The van der Waals surface area contributed by atoms with Gasteiger partial charge in [-0.3, -0.25) is 18.7 Å². The molecule has 0 spiro atoms. The Hall–Kier alpha value is -3.77. The first-order valence-corrected chi connectivity index (χ1v) is 13.2. The number of benzene rings is 1. The van der Waals surface area contributed by atoms with Gasteiger partial charge in [0.25, 0.3) is 11.5 Å². The second-order valence-electron chi connectivity index (χ2n) is 9.92. The minimum atomic E-state index is -1.13. The Kier molecular flexibility index (Phi) is 7.41. The van der Waals surface area contributed by atoms with Gasteiger partial charge in [-0.25, -0.2) is 9.59 Å². The standard InChI is InChI=1S/C26H31ClN6O6/c1-29-20-19(23(34)31-10-12-39-13-11-31)22(32-9-5-7-17(15-32)28-25(36)37)33(14-16-6-3-4-8-18(16)27)21(20)24(35)30(2)26(29)38/h3-4,6,8,17,28H,5,7,9-15H2,1-2H3,(H,36,37)/t17-/m1/s1. The number of carbonyl (C=O) groups excluding carboxylic acids is 1. The maximum atomic E-state index is 14.2. The smallest absolute Gasteiger partial charge is 0.404 e. The van der Waals surface area contributed by atoms with Crippen molar-refractivity contribution in [1.82, 2.24) is 23.9 Å². The molecule has 3 aromatic rings. The Morgan fingerprint density at radius 3 is 2.49 bits per heavy atom. The van der Waals surface area contributed by atoms with Crippen LogP contribution >= 0.6 is 11.6 Å². The van der Waals surface area contributed by atoms with E-state index in [1.165, 1.54) is 11.6 Å². The molecule has 208 valence electrons. The number of nitrogens with one attached hydrogen (secondary N) is 1. The fraction of sp³-hybridized carbons (Fsp3) is 0.462. The highest BCUT2D eigenvalue weighted by atomic mass is 35.5. The van der Waals surface area contributed by atoms with Crippen molar-refractivity contribution in [2.75, 3.05) is 44.3 Å². The van der Waals surface area contributed by atoms with Gasteiger partial charge in [-0.05, 0) is 24.5 Å². The molecule has 13 heteroatoms. The second-order valence-corrected chi connectivity index (χ2v) is 10.3. The summed E-state index contributed by atoms with van der Waals surface area (Å²) < 4.78 is 9.58. The van der Waals surface area contributed by atoms with Gasteiger partial charge in [-0.15, -0.1) is 0 Å². The zero-order valence-electron chi connectivity index (χ0n) is 21.9. The van der Waals surface area contributed by atoms with E-state index in [-0.39, 0.29) is 35.1 Å². The fourth-order valence-corrected chi connectivity index (χ4v) is 5.76. The van der Waals surface area contributed by atoms with Gasteiger partial charge >= 0.3 is 11.8 Å². The summed E-state index contributed by atoms with van der Waals surface area (Å²) in [4.78, 5) is 56.0. The summed E-state index contributed by atoms with van der Waals surface area (Å²) in [6.07, 6.45) is 0.181. The van der Waals surface area contributed by atoms with Crippen LogP contribution in [0.15, 0.2) is 33.9 Å². The van der Waals surface area contributed by atoms with E-state index in [0.717, 1.165) is 10.1 Å². The average molecular weight is 559 g/mol. The number of hydrogen-bond acceptors (Lipinski definition) is 6. The summed E-state index contributed by atoms with van der Waals surface area (Å²) in [6, 6.07) is 6.88. The van der Waals surface area contributed by atoms with E-state index in [4.69, 9.17) is 16.3 Å². The number of anilines is 1. The monoisotopic (exact) mass is 558 g/mol. The van der Waals surface area contributed by atoms with Crippen LogP contribution in [-0.4, -0.2) is 81.1 Å². The molecule has 2 aliphatic rings. The van der Waals surface area contributed by atoms with Crippen LogP contribution < -0.4 is 21.5 Å². The van der Waals surface area contributed by atoms with E-state index >= 15 is 0 Å². The van der Waals surface area contributed by atoms with Crippen molar-refractivity contribution in [3.63, 3.8) is 0 Å². The molecule has 2 fully saturated rings. The largest absolute Gasteiger partial charge is 0.465 e. The van der Waals surface area contributed by atoms with E-state index in [2.05, 4.69) is 5.32 Å². The quantitative estimate of drug-likeness (QED) is 0.484. The van der Waals surface area contributed by atoms with Gasteiger partial charge in [0.1, 0.15) is 16.9 Å². The van der Waals surface area contributed by atoms with Crippen molar-refractivity contribution in [2.24, 2.45) is 14.1 Å². The van der Waals surface area contributed by atoms with Crippen molar-refractivity contribution in [1.29, 1.82) is 0 Å². The molecule has 0 saturated carbocycles. The first-order valence-electron chi connectivity index (χ1n) is 12.9. The summed E-state index contributed by atoms with van der Waals surface area (Å²) in [5, 5.41) is 12.4. The minimum Gasteiger partial charge on any atom is -0.465 e. The van der Waals surface area contributed by atoms with E-state index in [1.54, 1.807) is 22.6 Å². The lowest BCUT2D eigenvalue weighted by Crippen LogP contribution is -2.48. The number of carboxylic acid groups (broad SMARTS) is 1. The Morgan fingerprint density at radius 2 is 1.79 bits per heavy atom. The second kappa shape index (κ2) is 10.8. The van der Waals surface area contributed by atoms with Crippen molar-refractivity contribution < 1.29 is 19.4 Å². The van der Waals surface area contributed by atoms with Crippen molar-refractivity contribution in [3.8, 4) is 0 Å². The van der Waals surface area contributed by atoms with Crippen LogP contribution in [0.2, 0.25) is 5.02 Å². The van der Waals surface area contributed by atoms with E-state index in [9.17, 15) is 24.3 Å². The van der Waals surface area contributed by atoms with Gasteiger partial charge < -0.3 is 29.5 Å². The lowest BCUT2D eigenvalue weighted by molar-refractivity contribution is 0.0304. The summed E-state index contributed by atoms with van der Waals surface area (Å²) >= 11 is 6.53. The third-order valence-electron chi connectivity index (χ3n) is 7.47. The number of fused-ring (bicyclic) bond motifs is 1. The van der Waals surface area contributed by atoms with Gasteiger partial charge in [0.15, 0.2) is 0 Å². The highest BCUT2D eigenvalue weighted by Crippen LogP contribution is 2.35. The number of halogens is 1.